The van der Waals surface area contributed by atoms with Crippen LogP contribution in [0.3, 0.4) is 0 Å². The highest BCUT2D eigenvalue weighted by molar-refractivity contribution is 5.02. The van der Waals surface area contributed by atoms with Crippen LogP contribution in [0, 0.1) is 0 Å². The molecule has 3 aromatic rings. The predicted molar refractivity (Wildman–Crippen MR) is 95.4 cm³/mol. The second-order valence-corrected chi connectivity index (χ2v) is 6.85. The largest absolute Gasteiger partial charge is 0.385 e. The number of hydrogen-bond acceptors (Lipinski definition) is 6. The van der Waals surface area contributed by atoms with Crippen molar-refractivity contribution in [2.24, 2.45) is 0 Å². The van der Waals surface area contributed by atoms with Crippen molar-refractivity contribution in [3.8, 4) is 0 Å². The second-order valence-electron chi connectivity index (χ2n) is 6.85. The first-order chi connectivity index (χ1) is 13.1. The van der Waals surface area contributed by atoms with Gasteiger partial charge in [0.25, 0.3) is 0 Å². The third-order valence-electron chi connectivity index (χ3n) is 5.07. The van der Waals surface area contributed by atoms with Gasteiger partial charge in [-0.2, -0.15) is 0 Å². The van der Waals surface area contributed by atoms with E-state index in [9.17, 15) is 15.3 Å². The predicted octanol–water partition coefficient (Wildman–Crippen LogP) is 0.961. The van der Waals surface area contributed by atoms with Gasteiger partial charge in [0.1, 0.15) is 35.8 Å². The molecule has 3 N–H and O–H groups in total. The molecule has 6 heterocycles. The van der Waals surface area contributed by atoms with E-state index in [0.29, 0.717) is 0 Å². The quantitative estimate of drug-likeness (QED) is 0.542. The Kier molecular flexibility index (Phi) is 5.06. The van der Waals surface area contributed by atoms with E-state index in [-0.39, 0.29) is 18.3 Å². The van der Waals surface area contributed by atoms with Crippen molar-refractivity contribution < 1.29 is 15.3 Å². The number of hydrogen-bond donors (Lipinski definition) is 3. The molecule has 6 rings (SSSR count). The van der Waals surface area contributed by atoms with Gasteiger partial charge in [-0.25, -0.2) is 15.0 Å². The first kappa shape index (κ1) is 17.9. The molecule has 0 amide bonds. The molecule has 1 unspecified atom stereocenters. The zero-order valence-electron chi connectivity index (χ0n) is 15.0. The fourth-order valence-corrected chi connectivity index (χ4v) is 3.59. The molecule has 144 valence electrons. The smallest absolute Gasteiger partial charge is 0.137 e. The average molecular weight is 372 g/mol. The minimum atomic E-state index is -0.319. The summed E-state index contributed by atoms with van der Waals surface area (Å²) in [5.41, 5.74) is 0. The normalized spacial score (nSPS) is 24.3. The van der Waals surface area contributed by atoms with Gasteiger partial charge in [0.05, 0.1) is 0 Å². The Labute approximate surface area is 156 Å². The Hall–Kier alpha value is -2.49. The molecule has 0 aromatic carbocycles. The van der Waals surface area contributed by atoms with Crippen LogP contribution in [0.15, 0.2) is 37.2 Å². The van der Waals surface area contributed by atoms with Crippen LogP contribution in [0.25, 0.3) is 0 Å². The molecule has 0 saturated heterocycles. The molecule has 3 aliphatic heterocycles. The number of aryl methyl sites for hydroxylation is 3. The van der Waals surface area contributed by atoms with E-state index in [2.05, 4.69) is 15.0 Å². The summed E-state index contributed by atoms with van der Waals surface area (Å²) < 4.78 is 5.93. The minimum absolute atomic E-state index is 0.319. The summed E-state index contributed by atoms with van der Waals surface area (Å²) in [5, 5.41) is 27.6. The van der Waals surface area contributed by atoms with Gasteiger partial charge in [0, 0.05) is 56.8 Å². The zero-order valence-corrected chi connectivity index (χ0v) is 15.0. The van der Waals surface area contributed by atoms with Gasteiger partial charge in [0.2, 0.25) is 0 Å². The molecular formula is C18H24N6O3. The number of imidazole rings is 3. The van der Waals surface area contributed by atoms with Gasteiger partial charge in [-0.05, 0) is 19.3 Å². The van der Waals surface area contributed by atoms with Crippen molar-refractivity contribution in [3.63, 3.8) is 0 Å². The maximum atomic E-state index is 9.19. The van der Waals surface area contributed by atoms with Gasteiger partial charge in [0.15, 0.2) is 0 Å². The van der Waals surface area contributed by atoms with Crippen molar-refractivity contribution in [1.82, 2.24) is 28.7 Å². The van der Waals surface area contributed by atoms with E-state index in [1.165, 1.54) is 0 Å². The van der Waals surface area contributed by atoms with Crippen molar-refractivity contribution in [3.05, 3.63) is 54.7 Å². The van der Waals surface area contributed by atoms with E-state index < -0.39 is 0 Å². The Morgan fingerprint density at radius 2 is 0.889 bits per heavy atom. The highest BCUT2D eigenvalue weighted by Crippen LogP contribution is 2.23. The summed E-state index contributed by atoms with van der Waals surface area (Å²) in [6.07, 6.45) is 12.4. The summed E-state index contributed by atoms with van der Waals surface area (Å²) in [5.74, 6) is 2.44. The maximum absolute atomic E-state index is 9.19. The topological polar surface area (TPSA) is 114 Å². The molecule has 9 nitrogen and oxygen atoms in total. The molecule has 3 aromatic heterocycles. The average Bonchev–Trinajstić information content (AvgIpc) is 3.45. The van der Waals surface area contributed by atoms with Crippen LogP contribution in [0.2, 0.25) is 0 Å². The van der Waals surface area contributed by atoms with Gasteiger partial charge in [-0.15, -0.1) is 0 Å². The SMILES string of the molecule is OC1CCn2ccnc21.O[C@@H]1CCn2ccnc21.O[C@H]1CCn2ccnc21. The Morgan fingerprint density at radius 1 is 0.593 bits per heavy atom. The summed E-state index contributed by atoms with van der Waals surface area (Å²) in [4.78, 5) is 12.0. The molecular weight excluding hydrogens is 348 g/mol. The highest BCUT2D eigenvalue weighted by atomic mass is 16.3. The summed E-state index contributed by atoms with van der Waals surface area (Å²) in [6, 6.07) is 0. The first-order valence-corrected chi connectivity index (χ1v) is 9.20. The molecule has 0 bridgehead atoms. The van der Waals surface area contributed by atoms with Crippen LogP contribution in [0.5, 0.6) is 0 Å². The molecule has 9 heteroatoms. The number of aliphatic hydroxyl groups is 3. The third kappa shape index (κ3) is 3.66. The number of aromatic nitrogens is 6. The molecule has 27 heavy (non-hydrogen) atoms. The Bertz CT molecular complexity index is 770. The summed E-state index contributed by atoms with van der Waals surface area (Å²) >= 11 is 0. The molecule has 0 radical (unpaired) electrons. The van der Waals surface area contributed by atoms with Gasteiger partial charge in [-0.3, -0.25) is 0 Å². The molecule has 0 spiro atoms. The fraction of sp³-hybridized carbons (Fsp3) is 0.500. The lowest BCUT2D eigenvalue weighted by molar-refractivity contribution is 0.175. The van der Waals surface area contributed by atoms with Crippen LogP contribution in [0.4, 0.5) is 0 Å². The van der Waals surface area contributed by atoms with Gasteiger partial charge < -0.3 is 29.0 Å². The van der Waals surface area contributed by atoms with Crippen LogP contribution in [-0.4, -0.2) is 44.0 Å². The van der Waals surface area contributed by atoms with Crippen LogP contribution in [-0.2, 0) is 19.6 Å². The van der Waals surface area contributed by atoms with Crippen molar-refractivity contribution >= 4 is 0 Å². The first-order valence-electron chi connectivity index (χ1n) is 9.20. The van der Waals surface area contributed by atoms with E-state index in [1.807, 2.05) is 32.3 Å². The van der Waals surface area contributed by atoms with Crippen LogP contribution in [0.1, 0.15) is 55.0 Å². The minimum Gasteiger partial charge on any atom is -0.385 e. The lowest BCUT2D eigenvalue weighted by Gasteiger charge is -1.94. The van der Waals surface area contributed by atoms with Crippen molar-refractivity contribution in [1.29, 1.82) is 0 Å². The number of nitrogens with zero attached hydrogens (tertiary/aromatic N) is 6. The highest BCUT2D eigenvalue weighted by Gasteiger charge is 2.21. The van der Waals surface area contributed by atoms with E-state index in [4.69, 9.17) is 0 Å². The second kappa shape index (κ2) is 7.63. The van der Waals surface area contributed by atoms with Crippen LogP contribution < -0.4 is 0 Å². The molecule has 3 atom stereocenters. The maximum Gasteiger partial charge on any atom is 0.137 e. The number of fused-ring (bicyclic) bond motifs is 3. The van der Waals surface area contributed by atoms with E-state index >= 15 is 0 Å². The monoisotopic (exact) mass is 372 g/mol. The van der Waals surface area contributed by atoms with E-state index in [1.54, 1.807) is 18.6 Å². The zero-order chi connectivity index (χ0) is 18.8. The van der Waals surface area contributed by atoms with Gasteiger partial charge >= 0.3 is 0 Å². The van der Waals surface area contributed by atoms with Crippen molar-refractivity contribution in [2.45, 2.75) is 57.2 Å². The standard InChI is InChI=1S/3C6H8N2O/c3*9-5-1-3-8-4-2-7-6(5)8/h3*2,4-5,9H,1,3H2/t2*5-;/m10./s1. The molecule has 0 aliphatic carbocycles. The lowest BCUT2D eigenvalue weighted by Crippen LogP contribution is -1.92. The van der Waals surface area contributed by atoms with E-state index in [0.717, 1.165) is 56.4 Å². The number of rotatable bonds is 0. The lowest BCUT2D eigenvalue weighted by atomic mass is 10.3. The number of aliphatic hydroxyl groups excluding tert-OH is 3. The fourth-order valence-electron chi connectivity index (χ4n) is 3.59. The van der Waals surface area contributed by atoms with Crippen molar-refractivity contribution in [2.75, 3.05) is 0 Å². The van der Waals surface area contributed by atoms with Gasteiger partial charge in [-0.1, -0.05) is 0 Å². The molecule has 0 fully saturated rings. The molecule has 0 saturated carbocycles. The summed E-state index contributed by atoms with van der Waals surface area (Å²) in [6.45, 7) is 2.74. The Morgan fingerprint density at radius 3 is 1.15 bits per heavy atom. The summed E-state index contributed by atoms with van der Waals surface area (Å²) in [7, 11) is 0. The molecule has 3 aliphatic rings. The Balaban J connectivity index is 0.0000001000. The van der Waals surface area contributed by atoms with Crippen LogP contribution >= 0.6 is 0 Å². The third-order valence-corrected chi connectivity index (χ3v) is 5.07.